The zero-order chi connectivity index (χ0) is 18.9. The van der Waals surface area contributed by atoms with E-state index in [1.54, 1.807) is 30.6 Å². The fraction of sp³-hybridized carbons (Fsp3) is 0. The minimum absolute atomic E-state index is 0.0408. The third-order valence-corrected chi connectivity index (χ3v) is 4.74. The lowest BCUT2D eigenvalue weighted by molar-refractivity contribution is 0.598. The van der Waals surface area contributed by atoms with Gasteiger partial charge in [0.15, 0.2) is 0 Å². The third-order valence-electron chi connectivity index (χ3n) is 3.81. The standard InChI is InChI=1S/C17H15N7O2S/c18-27(25,26)14-4-1-12(2-5-14)22-17-19-8-7-16(23-17)21-13-3-6-15-11(9-13)10-20-24-15/h1-10H,(H,20,24)(H2,18,25,26)(H2,19,21,22,23). The van der Waals surface area contributed by atoms with Gasteiger partial charge in [0, 0.05) is 23.0 Å². The number of nitrogens with two attached hydrogens (primary N) is 1. The molecule has 0 amide bonds. The Labute approximate surface area is 154 Å². The van der Waals surface area contributed by atoms with E-state index >= 15 is 0 Å². The van der Waals surface area contributed by atoms with Crippen molar-refractivity contribution in [1.29, 1.82) is 0 Å². The lowest BCUT2D eigenvalue weighted by Crippen LogP contribution is -2.11. The number of hydrogen-bond acceptors (Lipinski definition) is 7. The molecule has 27 heavy (non-hydrogen) atoms. The fourth-order valence-electron chi connectivity index (χ4n) is 2.51. The molecule has 4 rings (SSSR count). The van der Waals surface area contributed by atoms with Gasteiger partial charge < -0.3 is 10.6 Å². The van der Waals surface area contributed by atoms with Gasteiger partial charge >= 0.3 is 0 Å². The summed E-state index contributed by atoms with van der Waals surface area (Å²) in [6.07, 6.45) is 3.37. The van der Waals surface area contributed by atoms with Crippen LogP contribution in [-0.2, 0) is 10.0 Å². The van der Waals surface area contributed by atoms with E-state index in [9.17, 15) is 8.42 Å². The predicted molar refractivity (Wildman–Crippen MR) is 103 cm³/mol. The molecular formula is C17H15N7O2S. The molecule has 0 bridgehead atoms. The second-order valence-corrected chi connectivity index (χ2v) is 7.32. The number of aromatic nitrogens is 4. The molecule has 0 saturated carbocycles. The van der Waals surface area contributed by atoms with Gasteiger partial charge in [0.05, 0.1) is 16.6 Å². The van der Waals surface area contributed by atoms with E-state index in [1.807, 2.05) is 18.2 Å². The van der Waals surface area contributed by atoms with E-state index in [1.165, 1.54) is 12.1 Å². The van der Waals surface area contributed by atoms with Crippen molar-refractivity contribution >= 4 is 44.1 Å². The van der Waals surface area contributed by atoms with E-state index in [0.717, 1.165) is 16.6 Å². The molecule has 0 atom stereocenters. The number of sulfonamides is 1. The first kappa shape index (κ1) is 16.9. The van der Waals surface area contributed by atoms with Crippen molar-refractivity contribution in [1.82, 2.24) is 20.2 Å². The molecule has 2 aromatic heterocycles. The molecule has 10 heteroatoms. The molecule has 0 radical (unpaired) electrons. The number of nitrogens with zero attached hydrogens (tertiary/aromatic N) is 3. The van der Waals surface area contributed by atoms with E-state index in [0.29, 0.717) is 17.5 Å². The highest BCUT2D eigenvalue weighted by molar-refractivity contribution is 7.89. The lowest BCUT2D eigenvalue weighted by atomic mass is 10.2. The highest BCUT2D eigenvalue weighted by atomic mass is 32.2. The summed E-state index contributed by atoms with van der Waals surface area (Å²) >= 11 is 0. The Hall–Kier alpha value is -3.50. The Morgan fingerprint density at radius 3 is 2.52 bits per heavy atom. The molecule has 9 nitrogen and oxygen atoms in total. The van der Waals surface area contributed by atoms with Crippen LogP contribution in [0.5, 0.6) is 0 Å². The lowest BCUT2D eigenvalue weighted by Gasteiger charge is -2.09. The average Bonchev–Trinajstić information content (AvgIpc) is 3.09. The molecule has 0 spiro atoms. The van der Waals surface area contributed by atoms with Gasteiger partial charge in [-0.3, -0.25) is 5.10 Å². The van der Waals surface area contributed by atoms with E-state index in [4.69, 9.17) is 5.14 Å². The summed E-state index contributed by atoms with van der Waals surface area (Å²) in [4.78, 5) is 8.61. The number of nitrogens with one attached hydrogen (secondary N) is 3. The minimum Gasteiger partial charge on any atom is -0.340 e. The largest absolute Gasteiger partial charge is 0.340 e. The number of anilines is 4. The highest BCUT2D eigenvalue weighted by Crippen LogP contribution is 2.21. The molecule has 0 aliphatic carbocycles. The summed E-state index contributed by atoms with van der Waals surface area (Å²) in [6.45, 7) is 0. The number of primary sulfonamides is 1. The maximum Gasteiger partial charge on any atom is 0.238 e. The van der Waals surface area contributed by atoms with Crippen molar-refractivity contribution in [3.8, 4) is 0 Å². The monoisotopic (exact) mass is 381 g/mol. The van der Waals surface area contributed by atoms with Crippen molar-refractivity contribution in [2.75, 3.05) is 10.6 Å². The molecule has 0 aliphatic rings. The van der Waals surface area contributed by atoms with E-state index in [-0.39, 0.29) is 4.90 Å². The topological polar surface area (TPSA) is 139 Å². The van der Waals surface area contributed by atoms with Crippen LogP contribution in [0.2, 0.25) is 0 Å². The quantitative estimate of drug-likeness (QED) is 0.416. The molecule has 136 valence electrons. The van der Waals surface area contributed by atoms with Crippen LogP contribution < -0.4 is 15.8 Å². The molecule has 2 aromatic carbocycles. The van der Waals surface area contributed by atoms with Crippen molar-refractivity contribution in [2.24, 2.45) is 5.14 Å². The van der Waals surface area contributed by atoms with Gasteiger partial charge in [-0.05, 0) is 48.5 Å². The van der Waals surface area contributed by atoms with Gasteiger partial charge in [0.25, 0.3) is 0 Å². The number of H-pyrrole nitrogens is 1. The summed E-state index contributed by atoms with van der Waals surface area (Å²) in [7, 11) is -3.72. The summed E-state index contributed by atoms with van der Waals surface area (Å²) in [5.74, 6) is 0.976. The molecule has 0 saturated heterocycles. The maximum absolute atomic E-state index is 11.3. The average molecular weight is 381 g/mol. The maximum atomic E-state index is 11.3. The van der Waals surface area contributed by atoms with Gasteiger partial charge in [-0.15, -0.1) is 0 Å². The Morgan fingerprint density at radius 2 is 1.74 bits per heavy atom. The van der Waals surface area contributed by atoms with Crippen LogP contribution in [0.15, 0.2) is 65.8 Å². The van der Waals surface area contributed by atoms with Gasteiger partial charge in [-0.1, -0.05) is 0 Å². The van der Waals surface area contributed by atoms with Crippen LogP contribution in [0.1, 0.15) is 0 Å². The number of fused-ring (bicyclic) bond motifs is 1. The van der Waals surface area contributed by atoms with Crippen LogP contribution in [0.25, 0.3) is 10.9 Å². The first-order chi connectivity index (χ1) is 13.0. The van der Waals surface area contributed by atoms with E-state index < -0.39 is 10.0 Å². The molecular weight excluding hydrogens is 366 g/mol. The van der Waals surface area contributed by atoms with Crippen molar-refractivity contribution < 1.29 is 8.42 Å². The van der Waals surface area contributed by atoms with Crippen LogP contribution >= 0.6 is 0 Å². The van der Waals surface area contributed by atoms with Crippen molar-refractivity contribution in [3.63, 3.8) is 0 Å². The van der Waals surface area contributed by atoms with E-state index in [2.05, 4.69) is 30.8 Å². The zero-order valence-electron chi connectivity index (χ0n) is 13.9. The Bertz CT molecular complexity index is 1200. The predicted octanol–water partition coefficient (Wildman–Crippen LogP) is 2.49. The SMILES string of the molecule is NS(=O)(=O)c1ccc(Nc2nccc(Nc3ccc4[nH]ncc4c3)n2)cc1. The molecule has 5 N–H and O–H groups in total. The van der Waals surface area contributed by atoms with Crippen LogP contribution in [0.4, 0.5) is 23.1 Å². The fourth-order valence-corrected chi connectivity index (χ4v) is 3.03. The molecule has 2 heterocycles. The highest BCUT2D eigenvalue weighted by Gasteiger charge is 2.07. The Morgan fingerprint density at radius 1 is 0.963 bits per heavy atom. The molecule has 0 unspecified atom stereocenters. The van der Waals surface area contributed by atoms with Gasteiger partial charge in [0.2, 0.25) is 16.0 Å². The second-order valence-electron chi connectivity index (χ2n) is 5.76. The van der Waals surface area contributed by atoms with Crippen LogP contribution in [-0.4, -0.2) is 28.6 Å². The normalized spacial score (nSPS) is 11.4. The molecule has 0 fully saturated rings. The Balaban J connectivity index is 1.51. The van der Waals surface area contributed by atoms with Gasteiger partial charge in [-0.2, -0.15) is 10.1 Å². The smallest absolute Gasteiger partial charge is 0.238 e. The van der Waals surface area contributed by atoms with Crippen molar-refractivity contribution in [2.45, 2.75) is 4.90 Å². The second kappa shape index (κ2) is 6.67. The number of hydrogen-bond donors (Lipinski definition) is 4. The Kier molecular flexibility index (Phi) is 4.18. The number of aromatic amines is 1. The first-order valence-electron chi connectivity index (χ1n) is 7.90. The zero-order valence-corrected chi connectivity index (χ0v) is 14.7. The van der Waals surface area contributed by atoms with Gasteiger partial charge in [0.1, 0.15) is 5.82 Å². The van der Waals surface area contributed by atoms with Gasteiger partial charge in [-0.25, -0.2) is 18.5 Å². The number of benzene rings is 2. The third kappa shape index (κ3) is 3.86. The minimum atomic E-state index is -3.72. The first-order valence-corrected chi connectivity index (χ1v) is 9.45. The molecule has 0 aliphatic heterocycles. The van der Waals surface area contributed by atoms with Crippen LogP contribution in [0.3, 0.4) is 0 Å². The molecule has 4 aromatic rings. The summed E-state index contributed by atoms with van der Waals surface area (Å²) in [6, 6.07) is 13.6. The number of rotatable bonds is 5. The van der Waals surface area contributed by atoms with Crippen molar-refractivity contribution in [3.05, 3.63) is 60.9 Å². The summed E-state index contributed by atoms with van der Waals surface area (Å²) < 4.78 is 22.6. The summed E-state index contributed by atoms with van der Waals surface area (Å²) in [5.41, 5.74) is 2.46. The summed E-state index contributed by atoms with van der Waals surface area (Å²) in [5, 5.41) is 19.2. The van der Waals surface area contributed by atoms with Crippen LogP contribution in [0, 0.1) is 0 Å².